The van der Waals surface area contributed by atoms with Crippen LogP contribution in [0.4, 0.5) is 0 Å². The number of nitrogens with two attached hydrogens (primary N) is 1. The van der Waals surface area contributed by atoms with Crippen LogP contribution in [0.1, 0.15) is 43.8 Å². The topological polar surface area (TPSA) is 61.0 Å². The molecule has 1 aliphatic rings. The van der Waals surface area contributed by atoms with E-state index in [4.69, 9.17) is 10.5 Å². The van der Waals surface area contributed by atoms with Gasteiger partial charge in [0.2, 0.25) is 5.88 Å². The molecule has 2 rings (SSSR count). The maximum Gasteiger partial charge on any atom is 0.233 e. The van der Waals surface area contributed by atoms with Gasteiger partial charge in [-0.2, -0.15) is 5.10 Å². The molecule has 0 bridgehead atoms. The van der Waals surface area contributed by atoms with Gasteiger partial charge in [-0.15, -0.1) is 5.10 Å². The average molecular weight is 221 g/mol. The quantitative estimate of drug-likeness (QED) is 0.845. The van der Waals surface area contributed by atoms with Crippen LogP contribution >= 0.6 is 0 Å². The van der Waals surface area contributed by atoms with Crippen molar-refractivity contribution in [3.8, 4) is 5.88 Å². The van der Waals surface area contributed by atoms with Gasteiger partial charge in [0.1, 0.15) is 0 Å². The predicted octanol–water partition coefficient (Wildman–Crippen LogP) is 2.07. The monoisotopic (exact) mass is 221 g/mol. The lowest BCUT2D eigenvalue weighted by Gasteiger charge is -2.15. The van der Waals surface area contributed by atoms with Crippen LogP contribution in [0.2, 0.25) is 0 Å². The molecule has 16 heavy (non-hydrogen) atoms. The summed E-state index contributed by atoms with van der Waals surface area (Å²) in [5, 5.41) is 8.03. The largest absolute Gasteiger partial charge is 0.480 e. The van der Waals surface area contributed by atoms with Crippen molar-refractivity contribution >= 4 is 0 Å². The van der Waals surface area contributed by atoms with Gasteiger partial charge in [0.15, 0.2) is 0 Å². The minimum atomic E-state index is 0.0153. The van der Waals surface area contributed by atoms with Crippen molar-refractivity contribution in [1.29, 1.82) is 0 Å². The highest BCUT2D eigenvalue weighted by molar-refractivity contribution is 5.13. The van der Waals surface area contributed by atoms with E-state index < -0.39 is 0 Å². The SMILES string of the molecule is COc1ccc(C(N)CC2CCCC2)nn1. The zero-order valence-corrected chi connectivity index (χ0v) is 9.72. The fourth-order valence-electron chi connectivity index (χ4n) is 2.36. The van der Waals surface area contributed by atoms with Gasteiger partial charge in [-0.25, -0.2) is 0 Å². The number of methoxy groups -OCH3 is 1. The van der Waals surface area contributed by atoms with Crippen LogP contribution in [0.25, 0.3) is 0 Å². The van der Waals surface area contributed by atoms with Crippen LogP contribution in [0.15, 0.2) is 12.1 Å². The third-order valence-corrected chi connectivity index (χ3v) is 3.31. The molecule has 0 saturated heterocycles. The van der Waals surface area contributed by atoms with E-state index in [9.17, 15) is 0 Å². The van der Waals surface area contributed by atoms with E-state index in [1.54, 1.807) is 7.11 Å². The van der Waals surface area contributed by atoms with Gasteiger partial charge in [-0.05, 0) is 18.4 Å². The first-order chi connectivity index (χ1) is 7.79. The maximum atomic E-state index is 6.12. The van der Waals surface area contributed by atoms with Gasteiger partial charge in [0, 0.05) is 12.1 Å². The molecule has 88 valence electrons. The van der Waals surface area contributed by atoms with Crippen molar-refractivity contribution in [3.63, 3.8) is 0 Å². The van der Waals surface area contributed by atoms with Crippen LogP contribution in [0, 0.1) is 5.92 Å². The summed E-state index contributed by atoms with van der Waals surface area (Å²) in [5.74, 6) is 1.32. The Bertz CT molecular complexity index is 320. The van der Waals surface area contributed by atoms with Crippen LogP contribution in [-0.4, -0.2) is 17.3 Å². The molecule has 1 aliphatic carbocycles. The van der Waals surface area contributed by atoms with Gasteiger partial charge in [-0.3, -0.25) is 0 Å². The molecule has 1 fully saturated rings. The van der Waals surface area contributed by atoms with Crippen LogP contribution < -0.4 is 10.5 Å². The Morgan fingerprint density at radius 1 is 1.38 bits per heavy atom. The zero-order valence-electron chi connectivity index (χ0n) is 9.72. The first-order valence-corrected chi connectivity index (χ1v) is 5.93. The Morgan fingerprint density at radius 3 is 2.69 bits per heavy atom. The van der Waals surface area contributed by atoms with E-state index in [0.29, 0.717) is 5.88 Å². The van der Waals surface area contributed by atoms with Gasteiger partial charge < -0.3 is 10.5 Å². The molecular formula is C12H19N3O. The third-order valence-electron chi connectivity index (χ3n) is 3.31. The van der Waals surface area contributed by atoms with E-state index in [-0.39, 0.29) is 6.04 Å². The lowest BCUT2D eigenvalue weighted by atomic mass is 9.97. The summed E-state index contributed by atoms with van der Waals surface area (Å²) in [4.78, 5) is 0. The number of hydrogen-bond acceptors (Lipinski definition) is 4. The Hall–Kier alpha value is -1.16. The standard InChI is InChI=1S/C12H19N3O/c1-16-12-7-6-11(14-15-12)10(13)8-9-4-2-3-5-9/h6-7,9-10H,2-5,8,13H2,1H3. The van der Waals surface area contributed by atoms with Crippen molar-refractivity contribution in [1.82, 2.24) is 10.2 Å². The third kappa shape index (κ3) is 2.70. The molecular weight excluding hydrogens is 202 g/mol. The average Bonchev–Trinajstić information content (AvgIpc) is 2.82. The van der Waals surface area contributed by atoms with E-state index in [1.807, 2.05) is 12.1 Å². The molecule has 1 heterocycles. The minimum Gasteiger partial charge on any atom is -0.480 e. The van der Waals surface area contributed by atoms with E-state index >= 15 is 0 Å². The van der Waals surface area contributed by atoms with Gasteiger partial charge in [0.25, 0.3) is 0 Å². The molecule has 0 aromatic carbocycles. The molecule has 0 radical (unpaired) electrons. The molecule has 1 atom stereocenters. The number of nitrogens with zero attached hydrogens (tertiary/aromatic N) is 2. The summed E-state index contributed by atoms with van der Waals surface area (Å²) in [7, 11) is 1.59. The molecule has 0 spiro atoms. The van der Waals surface area contributed by atoms with Gasteiger partial charge in [0.05, 0.1) is 12.8 Å². The number of rotatable bonds is 4. The second kappa shape index (κ2) is 5.25. The Kier molecular flexibility index (Phi) is 3.72. The van der Waals surface area contributed by atoms with Gasteiger partial charge >= 0.3 is 0 Å². The lowest BCUT2D eigenvalue weighted by molar-refractivity contribution is 0.388. The number of ether oxygens (including phenoxy) is 1. The first kappa shape index (κ1) is 11.3. The summed E-state index contributed by atoms with van der Waals surface area (Å²) in [6, 6.07) is 3.74. The summed E-state index contributed by atoms with van der Waals surface area (Å²) < 4.78 is 4.97. The Labute approximate surface area is 96.2 Å². The molecule has 1 unspecified atom stereocenters. The van der Waals surface area contributed by atoms with Gasteiger partial charge in [-0.1, -0.05) is 25.7 Å². The van der Waals surface area contributed by atoms with E-state index in [1.165, 1.54) is 25.7 Å². The second-order valence-electron chi connectivity index (χ2n) is 4.49. The fraction of sp³-hybridized carbons (Fsp3) is 0.667. The highest BCUT2D eigenvalue weighted by Gasteiger charge is 2.19. The predicted molar refractivity (Wildman–Crippen MR) is 62.1 cm³/mol. The molecule has 2 N–H and O–H groups in total. The normalized spacial score (nSPS) is 18.6. The van der Waals surface area contributed by atoms with Crippen molar-refractivity contribution in [2.24, 2.45) is 11.7 Å². The molecule has 1 aromatic heterocycles. The second-order valence-corrected chi connectivity index (χ2v) is 4.49. The van der Waals surface area contributed by atoms with Crippen molar-refractivity contribution in [2.75, 3.05) is 7.11 Å². The lowest BCUT2D eigenvalue weighted by Crippen LogP contribution is -2.16. The summed E-state index contributed by atoms with van der Waals surface area (Å²) in [5.41, 5.74) is 6.99. The molecule has 4 heteroatoms. The molecule has 0 aliphatic heterocycles. The van der Waals surface area contributed by atoms with Crippen molar-refractivity contribution in [3.05, 3.63) is 17.8 Å². The summed E-state index contributed by atoms with van der Waals surface area (Å²) in [6.45, 7) is 0. The molecule has 0 amide bonds. The van der Waals surface area contributed by atoms with E-state index in [0.717, 1.165) is 18.0 Å². The maximum absolute atomic E-state index is 6.12. The number of aromatic nitrogens is 2. The van der Waals surface area contributed by atoms with Crippen LogP contribution in [0.3, 0.4) is 0 Å². The van der Waals surface area contributed by atoms with Crippen LogP contribution in [0.5, 0.6) is 5.88 Å². The van der Waals surface area contributed by atoms with Crippen LogP contribution in [-0.2, 0) is 0 Å². The highest BCUT2D eigenvalue weighted by atomic mass is 16.5. The molecule has 4 nitrogen and oxygen atoms in total. The fourth-order valence-corrected chi connectivity index (χ4v) is 2.36. The molecule has 1 saturated carbocycles. The molecule has 1 aromatic rings. The highest BCUT2D eigenvalue weighted by Crippen LogP contribution is 2.31. The summed E-state index contributed by atoms with van der Waals surface area (Å²) in [6.07, 6.45) is 6.37. The number of hydrogen-bond donors (Lipinski definition) is 1. The van der Waals surface area contributed by atoms with Crippen molar-refractivity contribution < 1.29 is 4.74 Å². The van der Waals surface area contributed by atoms with Crippen molar-refractivity contribution in [2.45, 2.75) is 38.1 Å². The first-order valence-electron chi connectivity index (χ1n) is 5.93. The minimum absolute atomic E-state index is 0.0153. The Balaban J connectivity index is 1.94. The summed E-state index contributed by atoms with van der Waals surface area (Å²) >= 11 is 0. The zero-order chi connectivity index (χ0) is 11.4. The smallest absolute Gasteiger partial charge is 0.233 e. The van der Waals surface area contributed by atoms with E-state index in [2.05, 4.69) is 10.2 Å². The Morgan fingerprint density at radius 2 is 2.12 bits per heavy atom.